The fraction of sp³-hybridized carbons (Fsp3) is 0.263. The minimum atomic E-state index is -1.05. The van der Waals surface area contributed by atoms with Crippen molar-refractivity contribution in [1.82, 2.24) is 4.98 Å². The summed E-state index contributed by atoms with van der Waals surface area (Å²) in [6, 6.07) is 12.5. The van der Waals surface area contributed by atoms with Gasteiger partial charge in [-0.3, -0.25) is 0 Å². The summed E-state index contributed by atoms with van der Waals surface area (Å²) >= 11 is 1.64. The molecule has 1 heterocycles. The van der Waals surface area contributed by atoms with Crippen molar-refractivity contribution in [1.29, 1.82) is 0 Å². The molecule has 130 valence electrons. The third-order valence-corrected chi connectivity index (χ3v) is 4.81. The monoisotopic (exact) mass is 358 g/mol. The number of aromatic nitrogens is 1. The second kappa shape index (κ2) is 8.07. The molecule has 3 aromatic rings. The minimum absolute atomic E-state index is 0.217. The first-order valence-corrected chi connectivity index (χ1v) is 9.00. The van der Waals surface area contributed by atoms with Crippen molar-refractivity contribution in [2.24, 2.45) is 0 Å². The topological polar surface area (TPSA) is 51.2 Å². The van der Waals surface area contributed by atoms with Crippen molar-refractivity contribution in [3.63, 3.8) is 0 Å². The van der Waals surface area contributed by atoms with Gasteiger partial charge in [0.05, 0.1) is 16.8 Å². The zero-order valence-corrected chi connectivity index (χ0v) is 14.6. The number of halogens is 1. The summed E-state index contributed by atoms with van der Waals surface area (Å²) < 4.78 is 18.3. The number of benzene rings is 2. The number of rotatable bonds is 8. The summed E-state index contributed by atoms with van der Waals surface area (Å²) in [7, 11) is 0. The molecule has 0 amide bonds. The van der Waals surface area contributed by atoms with E-state index in [1.54, 1.807) is 11.3 Å². The van der Waals surface area contributed by atoms with Gasteiger partial charge in [0.25, 0.3) is 0 Å². The first kappa shape index (κ1) is 17.4. The van der Waals surface area contributed by atoms with E-state index in [1.807, 2.05) is 12.1 Å². The largest absolute Gasteiger partial charge is 0.460 e. The summed E-state index contributed by atoms with van der Waals surface area (Å²) in [5.74, 6) is -2.02. The maximum absolute atomic E-state index is 12.4. The van der Waals surface area contributed by atoms with Crippen LogP contribution in [0.3, 0.4) is 0 Å². The molecule has 0 aliphatic heterocycles. The van der Waals surface area contributed by atoms with E-state index in [9.17, 15) is 9.18 Å². The van der Waals surface area contributed by atoms with Gasteiger partial charge in [-0.25, -0.2) is 9.78 Å². The lowest BCUT2D eigenvalue weighted by molar-refractivity contribution is -0.140. The second-order valence-corrected chi connectivity index (χ2v) is 6.71. The van der Waals surface area contributed by atoms with Crippen LogP contribution >= 0.6 is 11.3 Å². The Labute approximate surface area is 149 Å². The SMILES string of the molecule is C=C(F)C(=O)OCCCCCNc1nc2c(ccc3ccccc32)s1. The van der Waals surface area contributed by atoms with Gasteiger partial charge in [0.2, 0.25) is 5.83 Å². The first-order valence-electron chi connectivity index (χ1n) is 8.19. The number of hydrogen-bond acceptors (Lipinski definition) is 5. The first-order chi connectivity index (χ1) is 12.1. The molecule has 2 aromatic carbocycles. The van der Waals surface area contributed by atoms with Crippen LogP contribution in [-0.2, 0) is 9.53 Å². The molecule has 1 aromatic heterocycles. The summed E-state index contributed by atoms with van der Waals surface area (Å²) in [5, 5.41) is 6.61. The number of fused-ring (bicyclic) bond motifs is 3. The van der Waals surface area contributed by atoms with Crippen LogP contribution in [0.15, 0.2) is 48.8 Å². The highest BCUT2D eigenvalue weighted by Crippen LogP contribution is 2.31. The van der Waals surface area contributed by atoms with E-state index >= 15 is 0 Å². The highest BCUT2D eigenvalue weighted by Gasteiger charge is 2.07. The van der Waals surface area contributed by atoms with Gasteiger partial charge in [0.15, 0.2) is 5.13 Å². The number of esters is 1. The average molecular weight is 358 g/mol. The molecule has 6 heteroatoms. The van der Waals surface area contributed by atoms with Gasteiger partial charge in [-0.15, -0.1) is 0 Å². The second-order valence-electron chi connectivity index (χ2n) is 5.68. The van der Waals surface area contributed by atoms with Crippen LogP contribution in [0.2, 0.25) is 0 Å². The van der Waals surface area contributed by atoms with Crippen molar-refractivity contribution >= 4 is 43.4 Å². The maximum atomic E-state index is 12.4. The van der Waals surface area contributed by atoms with Crippen LogP contribution in [0, 0.1) is 0 Å². The zero-order chi connectivity index (χ0) is 17.6. The van der Waals surface area contributed by atoms with Crippen molar-refractivity contribution in [3.8, 4) is 0 Å². The van der Waals surface area contributed by atoms with Crippen LogP contribution in [0.5, 0.6) is 0 Å². The molecule has 0 saturated carbocycles. The van der Waals surface area contributed by atoms with Gasteiger partial charge >= 0.3 is 5.97 Å². The van der Waals surface area contributed by atoms with Crippen LogP contribution in [-0.4, -0.2) is 24.1 Å². The Balaban J connectivity index is 1.47. The maximum Gasteiger partial charge on any atom is 0.366 e. The van der Waals surface area contributed by atoms with Gasteiger partial charge in [-0.05, 0) is 30.7 Å². The van der Waals surface area contributed by atoms with Crippen LogP contribution in [0.4, 0.5) is 9.52 Å². The standard InChI is InChI=1S/C19H19FN2O2S/c1-13(20)18(23)24-12-6-2-5-11-21-19-22-17-15-8-4-3-7-14(15)9-10-16(17)25-19/h3-4,7-10H,1-2,5-6,11-12H2,(H,21,22). The Kier molecular flexibility index (Phi) is 5.60. The molecule has 0 fully saturated rings. The van der Waals surface area contributed by atoms with Gasteiger partial charge in [0, 0.05) is 11.9 Å². The van der Waals surface area contributed by atoms with E-state index in [4.69, 9.17) is 9.72 Å². The Bertz CT molecular complexity index is 907. The number of anilines is 1. The fourth-order valence-electron chi connectivity index (χ4n) is 2.58. The molecular weight excluding hydrogens is 339 g/mol. The highest BCUT2D eigenvalue weighted by molar-refractivity contribution is 7.22. The Morgan fingerprint density at radius 1 is 1.20 bits per heavy atom. The van der Waals surface area contributed by atoms with Crippen molar-refractivity contribution in [2.45, 2.75) is 19.3 Å². The quantitative estimate of drug-likeness (QED) is 0.347. The van der Waals surface area contributed by atoms with Crippen LogP contribution in [0.1, 0.15) is 19.3 Å². The third kappa shape index (κ3) is 4.33. The molecule has 4 nitrogen and oxygen atoms in total. The number of unbranched alkanes of at least 4 members (excludes halogenated alkanes) is 2. The van der Waals surface area contributed by atoms with E-state index in [1.165, 1.54) is 15.5 Å². The molecule has 0 bridgehead atoms. The van der Waals surface area contributed by atoms with Gasteiger partial charge in [-0.1, -0.05) is 48.2 Å². The molecule has 1 N–H and O–H groups in total. The number of ether oxygens (including phenoxy) is 1. The van der Waals surface area contributed by atoms with E-state index in [2.05, 4.69) is 36.2 Å². The van der Waals surface area contributed by atoms with Crippen LogP contribution < -0.4 is 5.32 Å². The Morgan fingerprint density at radius 3 is 2.88 bits per heavy atom. The minimum Gasteiger partial charge on any atom is -0.460 e. The molecule has 25 heavy (non-hydrogen) atoms. The van der Waals surface area contributed by atoms with Crippen molar-refractivity contribution in [3.05, 3.63) is 48.8 Å². The number of nitrogens with zero attached hydrogens (tertiary/aromatic N) is 1. The smallest absolute Gasteiger partial charge is 0.366 e. The van der Waals surface area contributed by atoms with E-state index in [-0.39, 0.29) is 6.61 Å². The molecule has 0 spiro atoms. The fourth-order valence-corrected chi connectivity index (χ4v) is 3.49. The summed E-state index contributed by atoms with van der Waals surface area (Å²) in [4.78, 5) is 15.6. The normalized spacial score (nSPS) is 10.9. The number of hydrogen-bond donors (Lipinski definition) is 1. The summed E-state index contributed by atoms with van der Waals surface area (Å²) in [6.07, 6.45) is 2.50. The number of nitrogens with one attached hydrogen (secondary N) is 1. The predicted molar refractivity (Wildman–Crippen MR) is 101 cm³/mol. The third-order valence-electron chi connectivity index (χ3n) is 3.84. The van der Waals surface area contributed by atoms with E-state index in [0.717, 1.165) is 30.0 Å². The van der Waals surface area contributed by atoms with Gasteiger partial charge < -0.3 is 10.1 Å². The molecular formula is C19H19FN2O2S. The number of carbonyl (C=O) groups excluding carboxylic acids is 1. The molecule has 0 unspecified atom stereocenters. The molecule has 3 rings (SSSR count). The van der Waals surface area contributed by atoms with Crippen LogP contribution in [0.25, 0.3) is 21.0 Å². The highest BCUT2D eigenvalue weighted by atomic mass is 32.1. The molecule has 0 atom stereocenters. The summed E-state index contributed by atoms with van der Waals surface area (Å²) in [5.41, 5.74) is 1.03. The zero-order valence-electron chi connectivity index (χ0n) is 13.8. The van der Waals surface area contributed by atoms with E-state index in [0.29, 0.717) is 6.42 Å². The predicted octanol–water partition coefficient (Wildman–Crippen LogP) is 5.06. The van der Waals surface area contributed by atoms with Crippen molar-refractivity contribution in [2.75, 3.05) is 18.5 Å². The molecule has 0 radical (unpaired) electrons. The lowest BCUT2D eigenvalue weighted by atomic mass is 10.1. The Hall–Kier alpha value is -2.47. The van der Waals surface area contributed by atoms with Gasteiger partial charge in [-0.2, -0.15) is 4.39 Å². The molecule has 0 aliphatic carbocycles. The number of thiazole rings is 1. The molecule has 0 aliphatic rings. The molecule has 0 saturated heterocycles. The van der Waals surface area contributed by atoms with E-state index < -0.39 is 11.8 Å². The number of carbonyl (C=O) groups is 1. The summed E-state index contributed by atoms with van der Waals surface area (Å²) in [6.45, 7) is 3.91. The van der Waals surface area contributed by atoms with Gasteiger partial charge in [0.1, 0.15) is 0 Å². The average Bonchev–Trinajstić information content (AvgIpc) is 3.04. The lowest BCUT2D eigenvalue weighted by Crippen LogP contribution is -2.06. The Morgan fingerprint density at radius 2 is 2.04 bits per heavy atom. The van der Waals surface area contributed by atoms with Crippen molar-refractivity contribution < 1.29 is 13.9 Å². The lowest BCUT2D eigenvalue weighted by Gasteiger charge is -2.04.